The van der Waals surface area contributed by atoms with E-state index in [0.717, 1.165) is 5.69 Å². The maximum atomic E-state index is 12.9. The van der Waals surface area contributed by atoms with Gasteiger partial charge in [-0.25, -0.2) is 14.5 Å². The molecule has 1 amide bonds. The molecule has 0 saturated heterocycles. The first-order valence-electron chi connectivity index (χ1n) is 10.4. The van der Waals surface area contributed by atoms with Crippen molar-refractivity contribution in [2.45, 2.75) is 33.3 Å². The molecule has 2 heterocycles. The lowest BCUT2D eigenvalue weighted by molar-refractivity contribution is 0.00695. The molecule has 168 valence electrons. The Morgan fingerprint density at radius 2 is 1.70 bits per heavy atom. The number of nitrogens with zero attached hydrogens (tertiary/aromatic N) is 3. The molecule has 0 bridgehead atoms. The lowest BCUT2D eigenvalue weighted by Crippen LogP contribution is -2.23. The summed E-state index contributed by atoms with van der Waals surface area (Å²) >= 11 is 6.62. The maximum Gasteiger partial charge on any atom is 0.338 e. The molecule has 4 rings (SSSR count). The molecule has 0 spiro atoms. The molecule has 0 aliphatic rings. The number of hydrogen-bond donors (Lipinski definition) is 1. The third-order valence-corrected chi connectivity index (χ3v) is 5.22. The van der Waals surface area contributed by atoms with Gasteiger partial charge in [0.25, 0.3) is 5.91 Å². The van der Waals surface area contributed by atoms with Crippen LogP contribution in [-0.4, -0.2) is 32.2 Å². The third-order valence-electron chi connectivity index (χ3n) is 4.83. The normalized spacial score (nSPS) is 11.4. The van der Waals surface area contributed by atoms with Crippen LogP contribution in [0, 0.1) is 6.92 Å². The molecule has 0 radical (unpaired) electrons. The Balaban J connectivity index is 1.58. The quantitative estimate of drug-likeness (QED) is 0.399. The van der Waals surface area contributed by atoms with E-state index >= 15 is 0 Å². The Morgan fingerprint density at radius 3 is 2.33 bits per heavy atom. The largest absolute Gasteiger partial charge is 0.456 e. The van der Waals surface area contributed by atoms with E-state index in [9.17, 15) is 9.59 Å². The van der Waals surface area contributed by atoms with Gasteiger partial charge in [0.2, 0.25) is 0 Å². The molecule has 2 aromatic heterocycles. The number of para-hydroxylation sites is 1. The highest BCUT2D eigenvalue weighted by molar-refractivity contribution is 6.39. The number of aromatic nitrogens is 3. The van der Waals surface area contributed by atoms with E-state index in [0.29, 0.717) is 28.0 Å². The molecule has 0 aliphatic heterocycles. The number of amides is 1. The zero-order valence-electron chi connectivity index (χ0n) is 18.7. The van der Waals surface area contributed by atoms with Crippen molar-refractivity contribution in [3.63, 3.8) is 0 Å². The minimum Gasteiger partial charge on any atom is -0.456 e. The predicted octanol–water partition coefficient (Wildman–Crippen LogP) is 5.59. The molecule has 8 heteroatoms. The van der Waals surface area contributed by atoms with E-state index in [4.69, 9.17) is 16.3 Å². The standard InChI is InChI=1S/C25H23ClN4O3/c1-15-20-21(26)19(14-27-22(20)30(29-15)18-8-6-5-7-9-18)23(31)28-17-12-10-16(11-13-17)24(32)33-25(2,3)4/h5-14H,1-4H3,(H,28,31). The van der Waals surface area contributed by atoms with Crippen LogP contribution >= 0.6 is 11.6 Å². The van der Waals surface area contributed by atoms with Crippen LogP contribution < -0.4 is 5.32 Å². The van der Waals surface area contributed by atoms with Gasteiger partial charge in [-0.3, -0.25) is 4.79 Å². The molecule has 4 aromatic rings. The summed E-state index contributed by atoms with van der Waals surface area (Å²) in [6, 6.07) is 16.1. The third kappa shape index (κ3) is 4.73. The number of fused-ring (bicyclic) bond motifs is 1. The minimum atomic E-state index is -0.585. The van der Waals surface area contributed by atoms with Gasteiger partial charge in [0.1, 0.15) is 5.60 Å². The van der Waals surface area contributed by atoms with E-state index in [2.05, 4.69) is 15.4 Å². The summed E-state index contributed by atoms with van der Waals surface area (Å²) in [4.78, 5) is 29.6. The van der Waals surface area contributed by atoms with Crippen molar-refractivity contribution in [1.29, 1.82) is 0 Å². The number of carbonyl (C=O) groups excluding carboxylic acids is 2. The predicted molar refractivity (Wildman–Crippen MR) is 128 cm³/mol. The monoisotopic (exact) mass is 462 g/mol. The van der Waals surface area contributed by atoms with Crippen molar-refractivity contribution in [3.05, 3.63) is 82.6 Å². The second kappa shape index (κ2) is 8.67. The van der Waals surface area contributed by atoms with Crippen molar-refractivity contribution in [2.75, 3.05) is 5.32 Å². The molecule has 0 unspecified atom stereocenters. The van der Waals surface area contributed by atoms with Gasteiger partial charge >= 0.3 is 5.97 Å². The van der Waals surface area contributed by atoms with E-state index in [-0.39, 0.29) is 10.6 Å². The summed E-state index contributed by atoms with van der Waals surface area (Å²) in [5, 5.41) is 8.24. The summed E-state index contributed by atoms with van der Waals surface area (Å²) in [5.74, 6) is -0.838. The Kier molecular flexibility index (Phi) is 5.91. The lowest BCUT2D eigenvalue weighted by atomic mass is 10.1. The highest BCUT2D eigenvalue weighted by Crippen LogP contribution is 2.30. The smallest absolute Gasteiger partial charge is 0.338 e. The molecule has 1 N–H and O–H groups in total. The fraction of sp³-hybridized carbons (Fsp3) is 0.200. The van der Waals surface area contributed by atoms with E-state index in [1.807, 2.05) is 37.3 Å². The highest BCUT2D eigenvalue weighted by atomic mass is 35.5. The van der Waals surface area contributed by atoms with Crippen molar-refractivity contribution in [3.8, 4) is 5.69 Å². The molecule has 33 heavy (non-hydrogen) atoms. The van der Waals surface area contributed by atoms with Gasteiger partial charge in [0, 0.05) is 11.9 Å². The van der Waals surface area contributed by atoms with Gasteiger partial charge in [-0.1, -0.05) is 29.8 Å². The number of carbonyl (C=O) groups is 2. The molecule has 0 saturated carbocycles. The SMILES string of the molecule is Cc1nn(-c2ccccc2)c2ncc(C(=O)Nc3ccc(C(=O)OC(C)(C)C)cc3)c(Cl)c12. The van der Waals surface area contributed by atoms with Crippen LogP contribution in [0.4, 0.5) is 5.69 Å². The van der Waals surface area contributed by atoms with Crippen LogP contribution in [0.3, 0.4) is 0 Å². The summed E-state index contributed by atoms with van der Waals surface area (Å²) in [6.45, 7) is 7.24. The highest BCUT2D eigenvalue weighted by Gasteiger charge is 2.21. The summed E-state index contributed by atoms with van der Waals surface area (Å²) in [7, 11) is 0. The Bertz CT molecular complexity index is 1340. The number of benzene rings is 2. The molecular formula is C25H23ClN4O3. The maximum absolute atomic E-state index is 12.9. The first-order valence-corrected chi connectivity index (χ1v) is 10.8. The second-order valence-electron chi connectivity index (χ2n) is 8.55. The molecule has 0 atom stereocenters. The number of esters is 1. The number of anilines is 1. The van der Waals surface area contributed by atoms with Crippen LogP contribution in [0.1, 0.15) is 47.2 Å². The summed E-state index contributed by atoms with van der Waals surface area (Å²) in [5.41, 5.74) is 2.65. The zero-order valence-corrected chi connectivity index (χ0v) is 19.5. The average molecular weight is 463 g/mol. The second-order valence-corrected chi connectivity index (χ2v) is 8.93. The van der Waals surface area contributed by atoms with Crippen LogP contribution in [0.15, 0.2) is 60.8 Å². The number of rotatable bonds is 4. The molecular weight excluding hydrogens is 440 g/mol. The Morgan fingerprint density at radius 1 is 1.03 bits per heavy atom. The number of hydrogen-bond acceptors (Lipinski definition) is 5. The van der Waals surface area contributed by atoms with Crippen LogP contribution in [0.25, 0.3) is 16.7 Å². The number of nitrogens with one attached hydrogen (secondary N) is 1. The summed E-state index contributed by atoms with van der Waals surface area (Å²) in [6.07, 6.45) is 1.44. The van der Waals surface area contributed by atoms with E-state index in [1.54, 1.807) is 49.7 Å². The van der Waals surface area contributed by atoms with Gasteiger partial charge in [-0.05, 0) is 64.1 Å². The van der Waals surface area contributed by atoms with Gasteiger partial charge in [-0.15, -0.1) is 0 Å². The molecule has 0 fully saturated rings. The van der Waals surface area contributed by atoms with Gasteiger partial charge in [0.05, 0.1) is 32.9 Å². The van der Waals surface area contributed by atoms with Crippen molar-refractivity contribution < 1.29 is 14.3 Å². The van der Waals surface area contributed by atoms with Crippen LogP contribution in [0.2, 0.25) is 5.02 Å². The summed E-state index contributed by atoms with van der Waals surface area (Å²) < 4.78 is 7.06. The van der Waals surface area contributed by atoms with Crippen molar-refractivity contribution in [1.82, 2.24) is 14.8 Å². The van der Waals surface area contributed by atoms with Gasteiger partial charge < -0.3 is 10.1 Å². The topological polar surface area (TPSA) is 86.1 Å². The minimum absolute atomic E-state index is 0.232. The zero-order chi connectivity index (χ0) is 23.8. The average Bonchev–Trinajstić information content (AvgIpc) is 3.11. The first-order chi connectivity index (χ1) is 15.6. The number of ether oxygens (including phenoxy) is 1. The molecule has 7 nitrogen and oxygen atoms in total. The van der Waals surface area contributed by atoms with Gasteiger partial charge in [0.15, 0.2) is 5.65 Å². The van der Waals surface area contributed by atoms with E-state index in [1.165, 1.54) is 6.20 Å². The lowest BCUT2D eigenvalue weighted by Gasteiger charge is -2.19. The Labute approximate surface area is 196 Å². The number of halogens is 1. The fourth-order valence-corrected chi connectivity index (χ4v) is 3.70. The molecule has 0 aliphatic carbocycles. The van der Waals surface area contributed by atoms with Crippen molar-refractivity contribution >= 4 is 40.2 Å². The Hall–Kier alpha value is -3.71. The van der Waals surface area contributed by atoms with Crippen molar-refractivity contribution in [2.24, 2.45) is 0 Å². The van der Waals surface area contributed by atoms with Crippen LogP contribution in [-0.2, 0) is 4.74 Å². The fourth-order valence-electron chi connectivity index (χ4n) is 3.34. The van der Waals surface area contributed by atoms with E-state index < -0.39 is 17.5 Å². The van der Waals surface area contributed by atoms with Crippen LogP contribution in [0.5, 0.6) is 0 Å². The number of aryl methyl sites for hydroxylation is 1. The molecule has 2 aromatic carbocycles. The first kappa shape index (κ1) is 22.5. The van der Waals surface area contributed by atoms with Gasteiger partial charge in [-0.2, -0.15) is 5.10 Å². The number of pyridine rings is 1.